The highest BCUT2D eigenvalue weighted by molar-refractivity contribution is 5.62. The Hall–Kier alpha value is -1.90. The molecule has 0 radical (unpaired) electrons. The first-order valence-electron chi connectivity index (χ1n) is 8.88. The second kappa shape index (κ2) is 10.8. The summed E-state index contributed by atoms with van der Waals surface area (Å²) in [4.78, 5) is 8.09. The maximum atomic E-state index is 5.81. The first-order chi connectivity index (χ1) is 11.4. The zero-order valence-corrected chi connectivity index (χ0v) is 14.2. The predicted molar refractivity (Wildman–Crippen MR) is 95.6 cm³/mol. The Morgan fingerprint density at radius 1 is 0.739 bits per heavy atom. The van der Waals surface area contributed by atoms with Gasteiger partial charge in [0.05, 0.1) is 6.61 Å². The minimum atomic E-state index is 0.808. The molecule has 1 aromatic carbocycles. The van der Waals surface area contributed by atoms with Gasteiger partial charge in [-0.15, -0.1) is 0 Å². The van der Waals surface area contributed by atoms with E-state index in [1.807, 2.05) is 24.5 Å². The molecule has 0 saturated carbocycles. The molecule has 3 heteroatoms. The van der Waals surface area contributed by atoms with Gasteiger partial charge in [-0.05, 0) is 24.1 Å². The van der Waals surface area contributed by atoms with Crippen molar-refractivity contribution in [3.05, 3.63) is 43.0 Å². The van der Waals surface area contributed by atoms with E-state index in [4.69, 9.17) is 4.74 Å². The Labute approximate surface area is 140 Å². The van der Waals surface area contributed by atoms with Crippen LogP contribution in [0.15, 0.2) is 43.0 Å². The highest BCUT2D eigenvalue weighted by atomic mass is 16.5. The lowest BCUT2D eigenvalue weighted by molar-refractivity contribution is 0.304. The second-order valence-electron chi connectivity index (χ2n) is 5.97. The van der Waals surface area contributed by atoms with E-state index in [9.17, 15) is 0 Å². The van der Waals surface area contributed by atoms with Crippen LogP contribution in [-0.2, 0) is 0 Å². The number of hydrogen-bond donors (Lipinski definition) is 0. The van der Waals surface area contributed by atoms with Gasteiger partial charge in [0.15, 0.2) is 0 Å². The number of ether oxygens (including phenoxy) is 1. The quantitative estimate of drug-likeness (QED) is 0.502. The van der Waals surface area contributed by atoms with Crippen LogP contribution in [0.3, 0.4) is 0 Å². The minimum absolute atomic E-state index is 0.808. The fraction of sp³-hybridized carbons (Fsp3) is 0.500. The van der Waals surface area contributed by atoms with Gasteiger partial charge in [-0.3, -0.25) is 0 Å². The summed E-state index contributed by atoms with van der Waals surface area (Å²) >= 11 is 0. The second-order valence-corrected chi connectivity index (χ2v) is 5.97. The van der Waals surface area contributed by atoms with Gasteiger partial charge >= 0.3 is 0 Å². The van der Waals surface area contributed by atoms with Crippen molar-refractivity contribution in [2.45, 2.75) is 58.3 Å². The lowest BCUT2D eigenvalue weighted by atomic mass is 10.1. The third kappa shape index (κ3) is 6.81. The molecule has 1 heterocycles. The highest BCUT2D eigenvalue weighted by Gasteiger charge is 1.99. The van der Waals surface area contributed by atoms with Crippen LogP contribution in [0.1, 0.15) is 58.3 Å². The van der Waals surface area contributed by atoms with Gasteiger partial charge in [-0.2, -0.15) is 0 Å². The molecule has 3 nitrogen and oxygen atoms in total. The van der Waals surface area contributed by atoms with Crippen molar-refractivity contribution in [1.29, 1.82) is 0 Å². The van der Waals surface area contributed by atoms with E-state index in [0.29, 0.717) is 0 Å². The number of rotatable bonds is 11. The van der Waals surface area contributed by atoms with Crippen LogP contribution in [0.25, 0.3) is 11.1 Å². The molecule has 2 rings (SSSR count). The average molecular weight is 312 g/mol. The van der Waals surface area contributed by atoms with Crippen LogP contribution in [0.4, 0.5) is 0 Å². The van der Waals surface area contributed by atoms with E-state index in [0.717, 1.165) is 29.9 Å². The third-order valence-corrected chi connectivity index (χ3v) is 4.01. The zero-order valence-electron chi connectivity index (χ0n) is 14.2. The first-order valence-corrected chi connectivity index (χ1v) is 8.88. The van der Waals surface area contributed by atoms with Gasteiger partial charge in [0.25, 0.3) is 0 Å². The van der Waals surface area contributed by atoms with Crippen molar-refractivity contribution < 1.29 is 4.74 Å². The Morgan fingerprint density at radius 2 is 1.35 bits per heavy atom. The number of hydrogen-bond acceptors (Lipinski definition) is 3. The van der Waals surface area contributed by atoms with Crippen LogP contribution >= 0.6 is 0 Å². The van der Waals surface area contributed by atoms with E-state index < -0.39 is 0 Å². The molecule has 0 aliphatic heterocycles. The summed E-state index contributed by atoms with van der Waals surface area (Å²) in [6, 6.07) is 8.16. The molecule has 0 atom stereocenters. The maximum Gasteiger partial charge on any atom is 0.119 e. The molecule has 2 aromatic rings. The summed E-state index contributed by atoms with van der Waals surface area (Å²) in [5.41, 5.74) is 2.15. The molecule has 0 aliphatic rings. The van der Waals surface area contributed by atoms with Crippen molar-refractivity contribution in [1.82, 2.24) is 9.97 Å². The van der Waals surface area contributed by atoms with Crippen molar-refractivity contribution in [2.75, 3.05) is 6.61 Å². The SMILES string of the molecule is CCCCCCCCCCOc1ccc(-c2cncnc2)cc1. The monoisotopic (exact) mass is 312 g/mol. The predicted octanol–water partition coefficient (Wildman–Crippen LogP) is 5.66. The summed E-state index contributed by atoms with van der Waals surface area (Å²) in [7, 11) is 0. The summed E-state index contributed by atoms with van der Waals surface area (Å²) in [5, 5.41) is 0. The molecule has 1 aromatic heterocycles. The molecule has 0 spiro atoms. The first kappa shape index (κ1) is 17.5. The maximum absolute atomic E-state index is 5.81. The van der Waals surface area contributed by atoms with Gasteiger partial charge in [0.2, 0.25) is 0 Å². The van der Waals surface area contributed by atoms with E-state index in [2.05, 4.69) is 29.0 Å². The topological polar surface area (TPSA) is 35.0 Å². The largest absolute Gasteiger partial charge is 0.494 e. The molecule has 124 valence electrons. The molecule has 0 fully saturated rings. The number of benzene rings is 1. The summed E-state index contributed by atoms with van der Waals surface area (Å²) in [6.45, 7) is 3.07. The van der Waals surface area contributed by atoms with Crippen molar-refractivity contribution in [2.24, 2.45) is 0 Å². The number of unbranched alkanes of at least 4 members (excludes halogenated alkanes) is 7. The highest BCUT2D eigenvalue weighted by Crippen LogP contribution is 2.21. The summed E-state index contributed by atoms with van der Waals surface area (Å²) < 4.78 is 5.81. The van der Waals surface area contributed by atoms with Crippen molar-refractivity contribution >= 4 is 0 Å². The van der Waals surface area contributed by atoms with Gasteiger partial charge in [-0.25, -0.2) is 9.97 Å². The molecule has 0 amide bonds. The lowest BCUT2D eigenvalue weighted by Gasteiger charge is -2.07. The number of nitrogens with zero attached hydrogens (tertiary/aromatic N) is 2. The van der Waals surface area contributed by atoms with E-state index >= 15 is 0 Å². The van der Waals surface area contributed by atoms with Gasteiger partial charge < -0.3 is 4.74 Å². The van der Waals surface area contributed by atoms with Crippen LogP contribution in [-0.4, -0.2) is 16.6 Å². The third-order valence-electron chi connectivity index (χ3n) is 4.01. The van der Waals surface area contributed by atoms with Crippen LogP contribution < -0.4 is 4.74 Å². The molecule has 0 aliphatic carbocycles. The van der Waals surface area contributed by atoms with E-state index in [-0.39, 0.29) is 0 Å². The molecule has 0 N–H and O–H groups in total. The van der Waals surface area contributed by atoms with E-state index in [1.54, 1.807) is 6.33 Å². The number of aromatic nitrogens is 2. The van der Waals surface area contributed by atoms with Crippen LogP contribution in [0.2, 0.25) is 0 Å². The van der Waals surface area contributed by atoms with Crippen LogP contribution in [0, 0.1) is 0 Å². The Kier molecular flexibility index (Phi) is 8.17. The molecule has 0 bridgehead atoms. The van der Waals surface area contributed by atoms with Crippen LogP contribution in [0.5, 0.6) is 5.75 Å². The van der Waals surface area contributed by atoms with Gasteiger partial charge in [0.1, 0.15) is 12.1 Å². The Bertz CT molecular complexity index is 525. The van der Waals surface area contributed by atoms with Crippen molar-refractivity contribution in [3.63, 3.8) is 0 Å². The average Bonchev–Trinajstić information content (AvgIpc) is 2.62. The molecular weight excluding hydrogens is 284 g/mol. The lowest BCUT2D eigenvalue weighted by Crippen LogP contribution is -1.97. The fourth-order valence-corrected chi connectivity index (χ4v) is 2.62. The van der Waals surface area contributed by atoms with Gasteiger partial charge in [-0.1, -0.05) is 64.0 Å². The zero-order chi connectivity index (χ0) is 16.2. The van der Waals surface area contributed by atoms with Crippen molar-refractivity contribution in [3.8, 4) is 16.9 Å². The molecular formula is C20H28N2O. The fourth-order valence-electron chi connectivity index (χ4n) is 2.62. The Morgan fingerprint density at radius 3 is 2.00 bits per heavy atom. The molecule has 0 unspecified atom stereocenters. The Balaban J connectivity index is 1.60. The normalized spacial score (nSPS) is 10.7. The molecule has 0 saturated heterocycles. The molecule has 23 heavy (non-hydrogen) atoms. The van der Waals surface area contributed by atoms with Gasteiger partial charge in [0, 0.05) is 18.0 Å². The summed E-state index contributed by atoms with van der Waals surface area (Å²) in [5.74, 6) is 0.938. The smallest absolute Gasteiger partial charge is 0.119 e. The van der Waals surface area contributed by atoms with E-state index in [1.165, 1.54) is 44.9 Å². The summed E-state index contributed by atoms with van der Waals surface area (Å²) in [6.07, 6.45) is 15.8. The minimum Gasteiger partial charge on any atom is -0.494 e. The standard InChI is InChI=1S/C20H28N2O/c1-2-3-4-5-6-7-8-9-14-23-20-12-10-18(11-13-20)19-15-21-17-22-16-19/h10-13,15-17H,2-9,14H2,1H3.